The number of carbonyl (C=O) groups is 2. The van der Waals surface area contributed by atoms with E-state index < -0.39 is 17.7 Å². The van der Waals surface area contributed by atoms with Gasteiger partial charge in [0, 0.05) is 31.5 Å². The Labute approximate surface area is 199 Å². The van der Waals surface area contributed by atoms with Crippen molar-refractivity contribution < 1.29 is 27.8 Å². The topological polar surface area (TPSA) is 91.9 Å². The first-order valence-electron chi connectivity index (χ1n) is 11.0. The summed E-state index contributed by atoms with van der Waals surface area (Å²) in [6, 6.07) is 7.86. The fraction of sp³-hybridized carbons (Fsp3) is 0.391. The second-order valence-corrected chi connectivity index (χ2v) is 9.85. The van der Waals surface area contributed by atoms with E-state index in [2.05, 4.69) is 16.0 Å². The van der Waals surface area contributed by atoms with Gasteiger partial charge in [0.05, 0.1) is 16.6 Å². The largest absolute Gasteiger partial charge is 0.454 e. The molecule has 0 radical (unpaired) electrons. The fourth-order valence-electron chi connectivity index (χ4n) is 4.29. The predicted octanol–water partition coefficient (Wildman–Crippen LogP) is 3.04. The summed E-state index contributed by atoms with van der Waals surface area (Å²) in [5, 5.41) is 8.92. The Hall–Kier alpha value is -3.05. The summed E-state index contributed by atoms with van der Waals surface area (Å²) in [6.45, 7) is 1.51. The molecule has 0 bridgehead atoms. The summed E-state index contributed by atoms with van der Waals surface area (Å²) < 4.78 is 37.6. The number of carbonyl (C=O) groups excluding carboxylic acids is 2. The lowest BCUT2D eigenvalue weighted by atomic mass is 10.0. The molecule has 3 heterocycles. The molecule has 11 heteroatoms. The molecule has 3 N–H and O–H groups in total. The molecule has 5 rings (SSSR count). The number of nitrogens with one attached hydrogen (secondary N) is 3. The molecule has 2 fully saturated rings. The Morgan fingerprint density at radius 2 is 1.91 bits per heavy atom. The zero-order valence-electron chi connectivity index (χ0n) is 18.2. The van der Waals surface area contributed by atoms with Crippen LogP contribution in [0.2, 0.25) is 0 Å². The maximum absolute atomic E-state index is 13.8. The highest BCUT2D eigenvalue weighted by Crippen LogP contribution is 2.39. The lowest BCUT2D eigenvalue weighted by molar-refractivity contribution is -0.122. The highest BCUT2D eigenvalue weighted by Gasteiger charge is 2.44. The molecule has 180 valence electrons. The zero-order valence-corrected chi connectivity index (χ0v) is 19.1. The number of nitrogens with zero attached hydrogens (tertiary/aromatic N) is 1. The van der Waals surface area contributed by atoms with Gasteiger partial charge in [-0.2, -0.15) is 0 Å². The number of fused-ring (bicyclic) bond motifs is 1. The van der Waals surface area contributed by atoms with Gasteiger partial charge in [-0.25, -0.2) is 13.6 Å². The monoisotopic (exact) mass is 490 g/mol. The Balaban J connectivity index is 1.10. The van der Waals surface area contributed by atoms with Crippen molar-refractivity contribution in [2.75, 3.05) is 31.0 Å². The molecule has 8 nitrogen and oxygen atoms in total. The maximum Gasteiger partial charge on any atom is 0.321 e. The van der Waals surface area contributed by atoms with Crippen molar-refractivity contribution in [1.29, 1.82) is 0 Å². The second-order valence-electron chi connectivity index (χ2n) is 8.45. The van der Waals surface area contributed by atoms with Crippen LogP contribution in [0.25, 0.3) is 0 Å². The summed E-state index contributed by atoms with van der Waals surface area (Å²) in [4.78, 5) is 26.6. The lowest BCUT2D eigenvalue weighted by Gasteiger charge is -2.39. The Kier molecular flexibility index (Phi) is 6.22. The van der Waals surface area contributed by atoms with Gasteiger partial charge in [0.2, 0.25) is 12.7 Å². The van der Waals surface area contributed by atoms with Gasteiger partial charge in [-0.1, -0.05) is 6.07 Å². The average molecular weight is 491 g/mol. The molecule has 1 spiro atoms. The van der Waals surface area contributed by atoms with Gasteiger partial charge >= 0.3 is 6.03 Å². The number of thioether (sulfide) groups is 1. The summed E-state index contributed by atoms with van der Waals surface area (Å²) in [6.07, 6.45) is 1.31. The van der Waals surface area contributed by atoms with E-state index in [1.165, 1.54) is 6.07 Å². The number of amides is 3. The smallest absolute Gasteiger partial charge is 0.321 e. The number of ether oxygens (including phenoxy) is 2. The number of hydrogen-bond donors (Lipinski definition) is 3. The lowest BCUT2D eigenvalue weighted by Crippen LogP contribution is -2.54. The number of rotatable bonds is 4. The van der Waals surface area contributed by atoms with Crippen molar-refractivity contribution in [2.24, 2.45) is 0 Å². The van der Waals surface area contributed by atoms with Crippen LogP contribution in [0.3, 0.4) is 0 Å². The van der Waals surface area contributed by atoms with Crippen LogP contribution in [0.4, 0.5) is 19.3 Å². The van der Waals surface area contributed by atoms with E-state index in [1.807, 2.05) is 18.2 Å². The summed E-state index contributed by atoms with van der Waals surface area (Å²) >= 11 is 1.69. The number of piperidine rings is 1. The van der Waals surface area contributed by atoms with Gasteiger partial charge in [-0.3, -0.25) is 10.1 Å². The quantitative estimate of drug-likeness (QED) is 0.610. The molecular weight excluding hydrogens is 466 g/mol. The number of halogens is 2. The Morgan fingerprint density at radius 3 is 2.71 bits per heavy atom. The predicted molar refractivity (Wildman–Crippen MR) is 123 cm³/mol. The highest BCUT2D eigenvalue weighted by molar-refractivity contribution is 8.01. The first-order valence-corrected chi connectivity index (χ1v) is 12.0. The van der Waals surface area contributed by atoms with Crippen LogP contribution in [0.1, 0.15) is 18.4 Å². The van der Waals surface area contributed by atoms with Crippen molar-refractivity contribution in [1.82, 2.24) is 15.5 Å². The van der Waals surface area contributed by atoms with E-state index in [0.29, 0.717) is 49.7 Å². The third kappa shape index (κ3) is 4.76. The minimum atomic E-state index is -0.815. The van der Waals surface area contributed by atoms with Crippen LogP contribution in [-0.2, 0) is 11.3 Å². The van der Waals surface area contributed by atoms with Gasteiger partial charge in [-0.15, -0.1) is 11.8 Å². The van der Waals surface area contributed by atoms with Gasteiger partial charge in [0.15, 0.2) is 11.5 Å². The molecule has 3 amide bonds. The molecule has 2 aromatic rings. The first-order chi connectivity index (χ1) is 16.4. The third-order valence-corrected chi connectivity index (χ3v) is 7.79. The molecule has 2 saturated heterocycles. The van der Waals surface area contributed by atoms with Crippen molar-refractivity contribution >= 4 is 29.4 Å². The molecular formula is C23H24F2N4O4S. The summed E-state index contributed by atoms with van der Waals surface area (Å²) in [5.41, 5.74) is 0.870. The normalized spacial score (nSPS) is 20.4. The SMILES string of the molecule is O=C(NCc1ccc2c(c1)OCO2)C1CSC2(CCN(C(=O)Nc3ccc(F)cc3F)CC2)N1. The summed E-state index contributed by atoms with van der Waals surface area (Å²) in [7, 11) is 0. The van der Waals surface area contributed by atoms with Crippen LogP contribution < -0.4 is 25.4 Å². The van der Waals surface area contributed by atoms with Gasteiger partial charge < -0.3 is 25.0 Å². The number of likely N-dealkylation sites (tertiary alicyclic amines) is 1. The molecule has 34 heavy (non-hydrogen) atoms. The van der Waals surface area contributed by atoms with Crippen LogP contribution in [-0.4, -0.2) is 53.4 Å². The van der Waals surface area contributed by atoms with Crippen molar-refractivity contribution in [2.45, 2.75) is 30.3 Å². The van der Waals surface area contributed by atoms with Crippen molar-refractivity contribution in [3.63, 3.8) is 0 Å². The Bertz CT molecular complexity index is 1110. The minimum absolute atomic E-state index is 0.0563. The molecule has 2 aromatic carbocycles. The average Bonchev–Trinajstić information content (AvgIpc) is 3.47. The molecule has 0 aliphatic carbocycles. The van der Waals surface area contributed by atoms with E-state index in [1.54, 1.807) is 16.7 Å². The second kappa shape index (κ2) is 9.30. The first kappa shape index (κ1) is 22.7. The third-order valence-electron chi connectivity index (χ3n) is 6.21. The van der Waals surface area contributed by atoms with Gasteiger partial charge in [-0.05, 0) is 42.7 Å². The van der Waals surface area contributed by atoms with Gasteiger partial charge in [0.1, 0.15) is 11.6 Å². The van der Waals surface area contributed by atoms with E-state index >= 15 is 0 Å². The van der Waals surface area contributed by atoms with Gasteiger partial charge in [0.25, 0.3) is 0 Å². The van der Waals surface area contributed by atoms with Crippen molar-refractivity contribution in [3.8, 4) is 11.5 Å². The summed E-state index contributed by atoms with van der Waals surface area (Å²) in [5.74, 6) is 0.430. The van der Waals surface area contributed by atoms with E-state index in [-0.39, 0.29) is 29.3 Å². The molecule has 3 aliphatic heterocycles. The Morgan fingerprint density at radius 1 is 1.12 bits per heavy atom. The van der Waals surface area contributed by atoms with Crippen molar-refractivity contribution in [3.05, 3.63) is 53.6 Å². The molecule has 0 saturated carbocycles. The minimum Gasteiger partial charge on any atom is -0.454 e. The number of hydrogen-bond acceptors (Lipinski definition) is 6. The highest BCUT2D eigenvalue weighted by atomic mass is 32.2. The number of anilines is 1. The number of urea groups is 1. The standard InChI is InChI=1S/C23H24F2N4O4S/c24-15-2-3-17(16(25)10-15)27-22(31)29-7-5-23(6-8-29)28-18(12-34-23)21(30)26-11-14-1-4-19-20(9-14)33-13-32-19/h1-4,9-10,18,28H,5-8,11-13H2,(H,26,30)(H,27,31). The van der Waals surface area contributed by atoms with Crippen LogP contribution in [0, 0.1) is 11.6 Å². The molecule has 1 unspecified atom stereocenters. The van der Waals surface area contributed by atoms with Crippen LogP contribution in [0.5, 0.6) is 11.5 Å². The van der Waals surface area contributed by atoms with Crippen LogP contribution in [0.15, 0.2) is 36.4 Å². The molecule has 3 aliphatic rings. The van der Waals surface area contributed by atoms with E-state index in [4.69, 9.17) is 9.47 Å². The molecule has 1 atom stereocenters. The maximum atomic E-state index is 13.8. The number of benzene rings is 2. The zero-order chi connectivity index (χ0) is 23.7. The fourth-order valence-corrected chi connectivity index (χ4v) is 5.71. The van der Waals surface area contributed by atoms with Crippen LogP contribution >= 0.6 is 11.8 Å². The molecule has 0 aromatic heterocycles. The van der Waals surface area contributed by atoms with E-state index in [0.717, 1.165) is 17.7 Å². The van der Waals surface area contributed by atoms with E-state index in [9.17, 15) is 18.4 Å².